The maximum atomic E-state index is 12.5. The minimum atomic E-state index is -3.63. The maximum absolute atomic E-state index is 12.5. The van der Waals surface area contributed by atoms with Crippen LogP contribution in [0.1, 0.15) is 24.2 Å². The molecule has 7 heteroatoms. The molecule has 0 spiro atoms. The fourth-order valence-electron chi connectivity index (χ4n) is 2.11. The van der Waals surface area contributed by atoms with Gasteiger partial charge in [0.2, 0.25) is 10.0 Å². The van der Waals surface area contributed by atoms with Gasteiger partial charge < -0.3 is 9.84 Å². The molecule has 1 aliphatic rings. The van der Waals surface area contributed by atoms with E-state index in [0.717, 1.165) is 0 Å². The van der Waals surface area contributed by atoms with Crippen molar-refractivity contribution >= 4 is 16.0 Å². The Morgan fingerprint density at radius 1 is 1.30 bits per heavy atom. The Morgan fingerprint density at radius 2 is 1.90 bits per heavy atom. The van der Waals surface area contributed by atoms with Crippen LogP contribution in [0.4, 0.5) is 0 Å². The Balaban J connectivity index is 2.31. The summed E-state index contributed by atoms with van der Waals surface area (Å²) in [7, 11) is -3.63. The van der Waals surface area contributed by atoms with Crippen LogP contribution in [0.25, 0.3) is 0 Å². The van der Waals surface area contributed by atoms with Gasteiger partial charge in [-0.3, -0.25) is 0 Å². The van der Waals surface area contributed by atoms with Crippen LogP contribution in [-0.2, 0) is 14.8 Å². The molecule has 1 aromatic rings. The van der Waals surface area contributed by atoms with Crippen molar-refractivity contribution in [2.75, 3.05) is 13.2 Å². The van der Waals surface area contributed by atoms with Crippen molar-refractivity contribution in [2.45, 2.75) is 30.9 Å². The summed E-state index contributed by atoms with van der Waals surface area (Å²) in [5, 5.41) is 8.83. The average Bonchev–Trinajstić information content (AvgIpc) is 2.41. The third kappa shape index (κ3) is 2.84. The predicted octanol–water partition coefficient (Wildman–Crippen LogP) is 1.18. The quantitative estimate of drug-likeness (QED) is 0.906. The first-order chi connectivity index (χ1) is 9.32. The fraction of sp³-hybridized carbons (Fsp3) is 0.462. The third-order valence-corrected chi connectivity index (χ3v) is 5.25. The Labute approximate surface area is 118 Å². The van der Waals surface area contributed by atoms with Crippen molar-refractivity contribution in [1.29, 1.82) is 0 Å². The molecule has 2 rings (SSSR count). The summed E-state index contributed by atoms with van der Waals surface area (Å²) >= 11 is 0. The summed E-state index contributed by atoms with van der Waals surface area (Å²) in [5.74, 6) is -1.08. The van der Waals surface area contributed by atoms with Gasteiger partial charge in [0.05, 0.1) is 23.2 Å². The second-order valence-corrected chi connectivity index (χ2v) is 6.79. The first-order valence-electron chi connectivity index (χ1n) is 6.29. The van der Waals surface area contributed by atoms with Crippen molar-refractivity contribution < 1.29 is 23.1 Å². The van der Waals surface area contributed by atoms with E-state index in [-0.39, 0.29) is 22.6 Å². The van der Waals surface area contributed by atoms with E-state index in [1.54, 1.807) is 6.92 Å². The first kappa shape index (κ1) is 15.0. The first-order valence-corrected chi connectivity index (χ1v) is 7.73. The number of morpholine rings is 1. The molecule has 1 heterocycles. The molecular formula is C13H17NO5S. The van der Waals surface area contributed by atoms with E-state index in [0.29, 0.717) is 13.2 Å². The summed E-state index contributed by atoms with van der Waals surface area (Å²) in [6, 6.07) is 5.00. The minimum absolute atomic E-state index is 0.0624. The highest BCUT2D eigenvalue weighted by Crippen LogP contribution is 2.22. The van der Waals surface area contributed by atoms with Gasteiger partial charge in [0.25, 0.3) is 0 Å². The molecule has 1 fully saturated rings. The van der Waals surface area contributed by atoms with Gasteiger partial charge in [-0.05, 0) is 38.1 Å². The molecule has 1 aliphatic heterocycles. The molecule has 1 N–H and O–H groups in total. The van der Waals surface area contributed by atoms with Crippen molar-refractivity contribution in [3.63, 3.8) is 0 Å². The number of hydrogen-bond acceptors (Lipinski definition) is 4. The molecular weight excluding hydrogens is 282 g/mol. The lowest BCUT2D eigenvalue weighted by atomic mass is 10.2. The number of carboxylic acid groups (broad SMARTS) is 1. The maximum Gasteiger partial charge on any atom is 0.335 e. The zero-order chi connectivity index (χ0) is 14.9. The number of ether oxygens (including phenoxy) is 1. The smallest absolute Gasteiger partial charge is 0.335 e. The van der Waals surface area contributed by atoms with Crippen molar-refractivity contribution in [1.82, 2.24) is 4.31 Å². The van der Waals surface area contributed by atoms with Crippen LogP contribution in [0, 0.1) is 0 Å². The number of carbonyl (C=O) groups is 1. The van der Waals surface area contributed by atoms with Crippen LogP contribution in [-0.4, -0.2) is 49.1 Å². The van der Waals surface area contributed by atoms with Crippen LogP contribution in [0.5, 0.6) is 0 Å². The second-order valence-electron chi connectivity index (χ2n) is 4.90. The van der Waals surface area contributed by atoms with E-state index in [2.05, 4.69) is 0 Å². The van der Waals surface area contributed by atoms with E-state index >= 15 is 0 Å². The second kappa shape index (κ2) is 5.51. The highest BCUT2D eigenvalue weighted by Gasteiger charge is 2.34. The van der Waals surface area contributed by atoms with Gasteiger partial charge in [-0.2, -0.15) is 4.31 Å². The molecule has 1 aromatic carbocycles. The van der Waals surface area contributed by atoms with Gasteiger partial charge in [0.1, 0.15) is 0 Å². The number of sulfonamides is 1. The average molecular weight is 299 g/mol. The predicted molar refractivity (Wildman–Crippen MR) is 72.2 cm³/mol. The Kier molecular flexibility index (Phi) is 4.12. The number of hydrogen-bond donors (Lipinski definition) is 1. The molecule has 20 heavy (non-hydrogen) atoms. The lowest BCUT2D eigenvalue weighted by molar-refractivity contribution is -0.0170. The summed E-state index contributed by atoms with van der Waals surface area (Å²) in [4.78, 5) is 10.9. The van der Waals surface area contributed by atoms with Gasteiger partial charge in [0.15, 0.2) is 0 Å². The third-order valence-electron chi connectivity index (χ3n) is 3.26. The van der Waals surface area contributed by atoms with Crippen LogP contribution >= 0.6 is 0 Å². The highest BCUT2D eigenvalue weighted by atomic mass is 32.2. The van der Waals surface area contributed by atoms with Crippen molar-refractivity contribution in [2.24, 2.45) is 0 Å². The SMILES string of the molecule is C[C@H]1CN(S(=O)(=O)c2ccc(C(=O)O)cc2)[C@@H](C)CO1. The van der Waals surface area contributed by atoms with E-state index in [4.69, 9.17) is 9.84 Å². The van der Waals surface area contributed by atoms with Gasteiger partial charge in [-0.1, -0.05) is 0 Å². The van der Waals surface area contributed by atoms with Crippen molar-refractivity contribution in [3.8, 4) is 0 Å². The van der Waals surface area contributed by atoms with Crippen LogP contribution in [0.15, 0.2) is 29.2 Å². The standard InChI is InChI=1S/C13H17NO5S/c1-9-8-19-10(2)7-14(9)20(17,18)12-5-3-11(4-6-12)13(15)16/h3-6,9-10H,7-8H2,1-2H3,(H,15,16)/t9-,10-/m0/s1. The molecule has 0 bridgehead atoms. The number of benzene rings is 1. The van der Waals surface area contributed by atoms with E-state index in [9.17, 15) is 13.2 Å². The zero-order valence-electron chi connectivity index (χ0n) is 11.3. The van der Waals surface area contributed by atoms with Gasteiger partial charge in [0, 0.05) is 12.6 Å². The molecule has 0 unspecified atom stereocenters. The Morgan fingerprint density at radius 3 is 2.45 bits per heavy atom. The topological polar surface area (TPSA) is 83.9 Å². The molecule has 6 nitrogen and oxygen atoms in total. The summed E-state index contributed by atoms with van der Waals surface area (Å²) in [6.07, 6.45) is -0.153. The number of nitrogens with zero attached hydrogens (tertiary/aromatic N) is 1. The minimum Gasteiger partial charge on any atom is -0.478 e. The number of aromatic carboxylic acids is 1. The fourth-order valence-corrected chi connectivity index (χ4v) is 3.80. The molecule has 110 valence electrons. The molecule has 0 saturated carbocycles. The number of rotatable bonds is 3. The Bertz CT molecular complexity index is 596. The molecule has 0 amide bonds. The molecule has 1 saturated heterocycles. The van der Waals surface area contributed by atoms with E-state index in [1.165, 1.54) is 28.6 Å². The molecule has 0 aliphatic carbocycles. The van der Waals surface area contributed by atoms with E-state index < -0.39 is 16.0 Å². The lowest BCUT2D eigenvalue weighted by Gasteiger charge is -2.35. The molecule has 0 radical (unpaired) electrons. The van der Waals surface area contributed by atoms with Gasteiger partial charge in [-0.25, -0.2) is 13.2 Å². The zero-order valence-corrected chi connectivity index (χ0v) is 12.1. The highest BCUT2D eigenvalue weighted by molar-refractivity contribution is 7.89. The number of carboxylic acids is 1. The Hall–Kier alpha value is -1.44. The monoisotopic (exact) mass is 299 g/mol. The van der Waals surface area contributed by atoms with Crippen molar-refractivity contribution in [3.05, 3.63) is 29.8 Å². The molecule has 0 aromatic heterocycles. The van der Waals surface area contributed by atoms with Gasteiger partial charge in [-0.15, -0.1) is 0 Å². The van der Waals surface area contributed by atoms with Crippen LogP contribution < -0.4 is 0 Å². The normalized spacial score (nSPS) is 24.5. The molecule has 2 atom stereocenters. The summed E-state index contributed by atoms with van der Waals surface area (Å²) in [5.41, 5.74) is 0.0624. The van der Waals surface area contributed by atoms with Crippen LogP contribution in [0.3, 0.4) is 0 Å². The largest absolute Gasteiger partial charge is 0.478 e. The summed E-state index contributed by atoms with van der Waals surface area (Å²) < 4.78 is 31.9. The summed E-state index contributed by atoms with van der Waals surface area (Å²) in [6.45, 7) is 4.26. The van der Waals surface area contributed by atoms with E-state index in [1.807, 2.05) is 6.92 Å². The van der Waals surface area contributed by atoms with Gasteiger partial charge >= 0.3 is 5.97 Å². The van der Waals surface area contributed by atoms with Crippen LogP contribution in [0.2, 0.25) is 0 Å². The lowest BCUT2D eigenvalue weighted by Crippen LogP contribution is -2.50.